The molecule has 0 amide bonds. The van der Waals surface area contributed by atoms with E-state index in [4.69, 9.17) is 5.73 Å². The molecule has 0 spiro atoms. The maximum absolute atomic E-state index is 13.5. The molecule has 0 unspecified atom stereocenters. The molecule has 82 valence electrons. The van der Waals surface area contributed by atoms with Crippen molar-refractivity contribution in [3.05, 3.63) is 41.5 Å². The summed E-state index contributed by atoms with van der Waals surface area (Å²) in [5.41, 5.74) is 5.27. The van der Waals surface area contributed by atoms with Gasteiger partial charge in [0.15, 0.2) is 17.5 Å². The van der Waals surface area contributed by atoms with Crippen molar-refractivity contribution < 1.29 is 13.2 Å². The van der Waals surface area contributed by atoms with Crippen LogP contribution in [0.5, 0.6) is 0 Å². The summed E-state index contributed by atoms with van der Waals surface area (Å²) in [5, 5.41) is -0.0388. The number of hydrogen-bond acceptors (Lipinski definition) is 2. The van der Waals surface area contributed by atoms with E-state index in [-0.39, 0.29) is 21.5 Å². The van der Waals surface area contributed by atoms with Gasteiger partial charge in [0.2, 0.25) is 0 Å². The standard InChI is InChI=1S/C10H5F3N2S/c11-5-3-4-1-2-15-9(10(14)16)6(4)8(13)7(5)12/h1-3H,(H2,14,16). The van der Waals surface area contributed by atoms with Gasteiger partial charge < -0.3 is 5.73 Å². The number of halogens is 3. The van der Waals surface area contributed by atoms with Crippen molar-refractivity contribution in [1.29, 1.82) is 0 Å². The smallest absolute Gasteiger partial charge is 0.195 e. The summed E-state index contributed by atoms with van der Waals surface area (Å²) >= 11 is 4.66. The van der Waals surface area contributed by atoms with Crippen molar-refractivity contribution in [2.45, 2.75) is 0 Å². The first-order chi connectivity index (χ1) is 7.52. The van der Waals surface area contributed by atoms with Gasteiger partial charge in [0.05, 0.1) is 0 Å². The van der Waals surface area contributed by atoms with Gasteiger partial charge in [-0.2, -0.15) is 0 Å². The fraction of sp³-hybridized carbons (Fsp3) is 0. The molecular weight excluding hydrogens is 237 g/mol. The summed E-state index contributed by atoms with van der Waals surface area (Å²) in [6, 6.07) is 2.22. The number of pyridine rings is 1. The van der Waals surface area contributed by atoms with Crippen molar-refractivity contribution in [3.63, 3.8) is 0 Å². The lowest BCUT2D eigenvalue weighted by Crippen LogP contribution is -2.13. The molecule has 1 aromatic carbocycles. The number of rotatable bonds is 1. The highest BCUT2D eigenvalue weighted by Gasteiger charge is 2.17. The molecule has 0 saturated carbocycles. The van der Waals surface area contributed by atoms with Crippen molar-refractivity contribution in [1.82, 2.24) is 4.98 Å². The van der Waals surface area contributed by atoms with E-state index in [1.165, 1.54) is 12.3 Å². The Balaban J connectivity index is 2.97. The van der Waals surface area contributed by atoms with E-state index in [9.17, 15) is 13.2 Å². The Morgan fingerprint density at radius 1 is 1.25 bits per heavy atom. The summed E-state index contributed by atoms with van der Waals surface area (Å²) in [7, 11) is 0. The average molecular weight is 242 g/mol. The minimum absolute atomic E-state index is 0.0519. The average Bonchev–Trinajstić information content (AvgIpc) is 2.25. The Kier molecular flexibility index (Phi) is 2.51. The predicted molar refractivity (Wildman–Crippen MR) is 57.5 cm³/mol. The maximum atomic E-state index is 13.5. The number of nitrogens with zero attached hydrogens (tertiary/aromatic N) is 1. The second-order valence-corrected chi connectivity index (χ2v) is 3.55. The van der Waals surface area contributed by atoms with Crippen molar-refractivity contribution in [2.75, 3.05) is 0 Å². The van der Waals surface area contributed by atoms with Crippen molar-refractivity contribution >= 4 is 28.0 Å². The number of nitrogens with two attached hydrogens (primary N) is 1. The number of hydrogen-bond donors (Lipinski definition) is 1. The zero-order valence-electron chi connectivity index (χ0n) is 7.80. The molecule has 0 fully saturated rings. The van der Waals surface area contributed by atoms with Crippen LogP contribution in [0.25, 0.3) is 10.8 Å². The van der Waals surface area contributed by atoms with E-state index in [0.717, 1.165) is 6.07 Å². The van der Waals surface area contributed by atoms with Crippen LogP contribution in [-0.2, 0) is 0 Å². The molecular formula is C10H5F3N2S. The van der Waals surface area contributed by atoms with Crippen LogP contribution in [-0.4, -0.2) is 9.97 Å². The first-order valence-corrected chi connectivity index (χ1v) is 4.65. The van der Waals surface area contributed by atoms with E-state index in [1.807, 2.05) is 0 Å². The van der Waals surface area contributed by atoms with E-state index < -0.39 is 17.5 Å². The summed E-state index contributed by atoms with van der Waals surface area (Å²) in [6.07, 6.45) is 1.30. The SMILES string of the molecule is NC(=S)c1nccc2cc(F)c(F)c(F)c12. The fourth-order valence-electron chi connectivity index (χ4n) is 1.43. The fourth-order valence-corrected chi connectivity index (χ4v) is 1.58. The molecule has 2 rings (SSSR count). The zero-order chi connectivity index (χ0) is 11.9. The van der Waals surface area contributed by atoms with Crippen LogP contribution in [0.2, 0.25) is 0 Å². The molecule has 0 bridgehead atoms. The highest BCUT2D eigenvalue weighted by atomic mass is 32.1. The Morgan fingerprint density at radius 2 is 1.94 bits per heavy atom. The van der Waals surface area contributed by atoms with Crippen molar-refractivity contribution in [2.24, 2.45) is 5.73 Å². The third-order valence-electron chi connectivity index (χ3n) is 2.12. The Bertz CT molecular complexity index is 598. The summed E-state index contributed by atoms with van der Waals surface area (Å²) in [6.45, 7) is 0. The molecule has 1 aromatic heterocycles. The number of thiocarbonyl (C=S) groups is 1. The number of benzene rings is 1. The molecule has 0 aliphatic carbocycles. The van der Waals surface area contributed by atoms with Gasteiger partial charge in [-0.15, -0.1) is 0 Å². The Morgan fingerprint density at radius 3 is 2.56 bits per heavy atom. The molecule has 6 heteroatoms. The largest absolute Gasteiger partial charge is 0.388 e. The molecule has 2 nitrogen and oxygen atoms in total. The minimum Gasteiger partial charge on any atom is -0.388 e. The Hall–Kier alpha value is -1.69. The van der Waals surface area contributed by atoms with Gasteiger partial charge in [-0.1, -0.05) is 12.2 Å². The lowest BCUT2D eigenvalue weighted by atomic mass is 10.1. The highest BCUT2D eigenvalue weighted by molar-refractivity contribution is 7.80. The monoisotopic (exact) mass is 242 g/mol. The van der Waals surface area contributed by atoms with Crippen LogP contribution in [0, 0.1) is 17.5 Å². The van der Waals surface area contributed by atoms with E-state index >= 15 is 0 Å². The van der Waals surface area contributed by atoms with Crippen molar-refractivity contribution in [3.8, 4) is 0 Å². The second kappa shape index (κ2) is 3.71. The topological polar surface area (TPSA) is 38.9 Å². The number of fused-ring (bicyclic) bond motifs is 1. The lowest BCUT2D eigenvalue weighted by molar-refractivity contribution is 0.453. The first-order valence-electron chi connectivity index (χ1n) is 4.24. The summed E-state index contributed by atoms with van der Waals surface area (Å²) in [5.74, 6) is -4.14. The molecule has 1 heterocycles. The van der Waals surface area contributed by atoms with Crippen LogP contribution < -0.4 is 5.73 Å². The van der Waals surface area contributed by atoms with Crippen LogP contribution in [0.1, 0.15) is 5.69 Å². The summed E-state index contributed by atoms with van der Waals surface area (Å²) in [4.78, 5) is 3.57. The van der Waals surface area contributed by atoms with Crippen LogP contribution >= 0.6 is 12.2 Å². The molecule has 0 atom stereocenters. The molecule has 2 aromatic rings. The first kappa shape index (κ1) is 10.8. The third kappa shape index (κ3) is 1.51. The van der Waals surface area contributed by atoms with Gasteiger partial charge in [0.1, 0.15) is 10.7 Å². The molecule has 2 N–H and O–H groups in total. The zero-order valence-corrected chi connectivity index (χ0v) is 8.62. The molecule has 0 aliphatic heterocycles. The van der Waals surface area contributed by atoms with Crippen LogP contribution in [0.15, 0.2) is 18.3 Å². The van der Waals surface area contributed by atoms with Gasteiger partial charge in [-0.3, -0.25) is 4.98 Å². The molecule has 16 heavy (non-hydrogen) atoms. The Labute approximate surface area is 93.9 Å². The van der Waals surface area contributed by atoms with E-state index in [0.29, 0.717) is 0 Å². The third-order valence-corrected chi connectivity index (χ3v) is 2.31. The van der Waals surface area contributed by atoms with Gasteiger partial charge >= 0.3 is 0 Å². The molecule has 0 saturated heterocycles. The highest BCUT2D eigenvalue weighted by Crippen LogP contribution is 2.24. The van der Waals surface area contributed by atoms with Gasteiger partial charge in [-0.25, -0.2) is 13.2 Å². The second-order valence-electron chi connectivity index (χ2n) is 3.11. The minimum atomic E-state index is -1.56. The normalized spacial score (nSPS) is 10.7. The molecule has 0 aliphatic rings. The summed E-state index contributed by atoms with van der Waals surface area (Å²) < 4.78 is 39.5. The van der Waals surface area contributed by atoms with Crippen LogP contribution in [0.3, 0.4) is 0 Å². The van der Waals surface area contributed by atoms with Gasteiger partial charge in [0, 0.05) is 11.6 Å². The van der Waals surface area contributed by atoms with E-state index in [2.05, 4.69) is 17.2 Å². The van der Waals surface area contributed by atoms with Gasteiger partial charge in [-0.05, 0) is 17.5 Å². The maximum Gasteiger partial charge on any atom is 0.195 e. The van der Waals surface area contributed by atoms with Crippen LogP contribution in [0.4, 0.5) is 13.2 Å². The molecule has 0 radical (unpaired) electrons. The van der Waals surface area contributed by atoms with E-state index in [1.54, 1.807) is 0 Å². The number of aromatic nitrogens is 1. The van der Waals surface area contributed by atoms with Gasteiger partial charge in [0.25, 0.3) is 0 Å². The predicted octanol–water partition coefficient (Wildman–Crippen LogP) is 2.29. The lowest BCUT2D eigenvalue weighted by Gasteiger charge is -2.06. The quantitative estimate of drug-likeness (QED) is 0.616.